The van der Waals surface area contributed by atoms with E-state index >= 15 is 0 Å². The van der Waals surface area contributed by atoms with Gasteiger partial charge >= 0.3 is 5.97 Å². The lowest BCUT2D eigenvalue weighted by atomic mass is 10.2. The summed E-state index contributed by atoms with van der Waals surface area (Å²) in [7, 11) is 0. The summed E-state index contributed by atoms with van der Waals surface area (Å²) in [6.45, 7) is 2.09. The Morgan fingerprint density at radius 2 is 2.03 bits per heavy atom. The zero-order chi connectivity index (χ0) is 22.2. The zero-order valence-electron chi connectivity index (χ0n) is 16.7. The topological polar surface area (TPSA) is 103 Å². The molecule has 3 aromatic heterocycles. The molecular weight excluding hydrogens is 462 g/mol. The zero-order valence-corrected chi connectivity index (χ0v) is 19.1. The number of nitrogens with zero attached hydrogens (tertiary/aromatic N) is 3. The number of rotatable bonds is 11. The molecule has 0 aromatic carbocycles. The van der Waals surface area contributed by atoms with Crippen molar-refractivity contribution < 1.29 is 23.5 Å². The monoisotopic (exact) mass is 481 g/mol. The van der Waals surface area contributed by atoms with Crippen molar-refractivity contribution in [2.24, 2.45) is 0 Å². The number of hydrogen-bond acceptors (Lipinski definition) is 9. The van der Waals surface area contributed by atoms with E-state index in [0.29, 0.717) is 34.0 Å². The van der Waals surface area contributed by atoms with E-state index in [1.54, 1.807) is 12.1 Å². The van der Waals surface area contributed by atoms with Gasteiger partial charge in [-0.3, -0.25) is 14.4 Å². The molecule has 8 nitrogen and oxygen atoms in total. The van der Waals surface area contributed by atoms with E-state index < -0.39 is 12.6 Å². The maximum atomic E-state index is 12.5. The largest absolute Gasteiger partial charge is 0.456 e. The summed E-state index contributed by atoms with van der Waals surface area (Å²) in [6, 6.07) is 7.00. The number of thiophene rings is 2. The van der Waals surface area contributed by atoms with Crippen molar-refractivity contribution in [1.29, 1.82) is 0 Å². The molecule has 0 radical (unpaired) electrons. The van der Waals surface area contributed by atoms with Crippen LogP contribution in [0.15, 0.2) is 34.1 Å². The van der Waals surface area contributed by atoms with Crippen molar-refractivity contribution >= 4 is 51.9 Å². The third-order valence-electron chi connectivity index (χ3n) is 4.13. The molecule has 0 aliphatic carbocycles. The summed E-state index contributed by atoms with van der Waals surface area (Å²) in [5.41, 5.74) is 0. The predicted molar refractivity (Wildman–Crippen MR) is 117 cm³/mol. The van der Waals surface area contributed by atoms with Crippen molar-refractivity contribution in [3.8, 4) is 10.8 Å². The summed E-state index contributed by atoms with van der Waals surface area (Å²) in [6.07, 6.45) is 0.600. The Labute approximate surface area is 191 Å². The van der Waals surface area contributed by atoms with E-state index in [9.17, 15) is 14.4 Å². The van der Waals surface area contributed by atoms with Gasteiger partial charge in [0.25, 0.3) is 11.8 Å². The number of esters is 1. The average molecular weight is 482 g/mol. The van der Waals surface area contributed by atoms with Gasteiger partial charge in [0.15, 0.2) is 12.4 Å². The van der Waals surface area contributed by atoms with Crippen LogP contribution in [0.25, 0.3) is 10.8 Å². The minimum atomic E-state index is -0.612. The minimum absolute atomic E-state index is 0.00395. The van der Waals surface area contributed by atoms with Gasteiger partial charge in [-0.2, -0.15) is 0 Å². The highest BCUT2D eigenvalue weighted by atomic mass is 35.5. The van der Waals surface area contributed by atoms with Crippen molar-refractivity contribution in [3.05, 3.63) is 44.7 Å². The van der Waals surface area contributed by atoms with Crippen LogP contribution < -0.4 is 0 Å². The molecule has 0 N–H and O–H groups in total. The molecule has 3 heterocycles. The Kier molecular flexibility index (Phi) is 8.33. The molecule has 0 atom stereocenters. The lowest BCUT2D eigenvalue weighted by Gasteiger charge is -2.20. The SMILES string of the molecule is CCCN(Cc1nnc(-c2cccs2)o1)C(=O)COC(=O)CCC(=O)c1ccc(Cl)s1. The first-order valence-electron chi connectivity index (χ1n) is 9.54. The van der Waals surface area contributed by atoms with E-state index in [1.165, 1.54) is 16.2 Å². The highest BCUT2D eigenvalue weighted by Gasteiger charge is 2.20. The van der Waals surface area contributed by atoms with Gasteiger partial charge in [0, 0.05) is 13.0 Å². The molecule has 0 saturated carbocycles. The number of halogens is 1. The fourth-order valence-electron chi connectivity index (χ4n) is 2.65. The number of carbonyl (C=O) groups is 3. The van der Waals surface area contributed by atoms with Gasteiger partial charge in [-0.15, -0.1) is 32.9 Å². The molecular formula is C20H20ClN3O5S2. The molecule has 0 aliphatic rings. The standard InChI is InChI=1S/C20H20ClN3O5S2/c1-2-9-24(11-17-22-23-20(29-17)15-4-3-10-30-15)18(26)12-28-19(27)8-5-13(25)14-6-7-16(21)31-14/h3-4,6-7,10H,2,5,8-9,11-12H2,1H3. The summed E-state index contributed by atoms with van der Waals surface area (Å²) < 4.78 is 11.2. The highest BCUT2D eigenvalue weighted by molar-refractivity contribution is 7.18. The Balaban J connectivity index is 1.47. The van der Waals surface area contributed by atoms with Crippen LogP contribution in [-0.2, 0) is 20.9 Å². The molecule has 3 rings (SSSR count). The molecule has 0 aliphatic heterocycles. The lowest BCUT2D eigenvalue weighted by molar-refractivity contribution is -0.152. The average Bonchev–Trinajstić information content (AvgIpc) is 3.51. The fraction of sp³-hybridized carbons (Fsp3) is 0.350. The smallest absolute Gasteiger partial charge is 0.306 e. The quantitative estimate of drug-likeness (QED) is 0.294. The Bertz CT molecular complexity index is 1030. The second-order valence-corrected chi connectivity index (χ2v) is 9.14. The third-order valence-corrected chi connectivity index (χ3v) is 6.26. The molecule has 164 valence electrons. The van der Waals surface area contributed by atoms with Crippen molar-refractivity contribution in [1.82, 2.24) is 15.1 Å². The lowest BCUT2D eigenvalue weighted by Crippen LogP contribution is -2.35. The second-order valence-electron chi connectivity index (χ2n) is 6.48. The molecule has 0 fully saturated rings. The number of ether oxygens (including phenoxy) is 1. The first kappa shape index (κ1) is 23.1. The molecule has 0 spiro atoms. The van der Waals surface area contributed by atoms with E-state index in [1.807, 2.05) is 24.4 Å². The van der Waals surface area contributed by atoms with E-state index in [2.05, 4.69) is 10.2 Å². The van der Waals surface area contributed by atoms with E-state index in [-0.39, 0.29) is 31.1 Å². The Hall–Kier alpha value is -2.56. The summed E-state index contributed by atoms with van der Waals surface area (Å²) in [5.74, 6) is -0.472. The highest BCUT2D eigenvalue weighted by Crippen LogP contribution is 2.24. The number of amides is 1. The van der Waals surface area contributed by atoms with Crippen LogP contribution in [0.4, 0.5) is 0 Å². The number of Topliss-reactive ketones (excluding diaryl/α,β-unsaturated/α-hetero) is 1. The predicted octanol–water partition coefficient (Wildman–Crippen LogP) is 4.46. The number of aromatic nitrogens is 2. The maximum absolute atomic E-state index is 12.5. The maximum Gasteiger partial charge on any atom is 0.306 e. The molecule has 0 unspecified atom stereocenters. The Morgan fingerprint density at radius 3 is 2.71 bits per heavy atom. The number of hydrogen-bond donors (Lipinski definition) is 0. The van der Waals surface area contributed by atoms with E-state index in [4.69, 9.17) is 20.8 Å². The molecule has 11 heteroatoms. The van der Waals surface area contributed by atoms with Gasteiger partial charge in [-0.25, -0.2) is 0 Å². The van der Waals surface area contributed by atoms with E-state index in [0.717, 1.165) is 16.2 Å². The molecule has 0 bridgehead atoms. The Morgan fingerprint density at radius 1 is 1.19 bits per heavy atom. The van der Waals surface area contributed by atoms with Crippen LogP contribution in [0, 0.1) is 0 Å². The normalized spacial score (nSPS) is 10.8. The van der Waals surface area contributed by atoms with Crippen LogP contribution in [-0.4, -0.2) is 45.9 Å². The van der Waals surface area contributed by atoms with Gasteiger partial charge in [0.1, 0.15) is 0 Å². The molecule has 31 heavy (non-hydrogen) atoms. The third kappa shape index (κ3) is 6.71. The van der Waals surface area contributed by atoms with Crippen LogP contribution in [0.1, 0.15) is 41.7 Å². The fourth-order valence-corrected chi connectivity index (χ4v) is 4.31. The molecule has 0 saturated heterocycles. The number of ketones is 1. The van der Waals surface area contributed by atoms with Crippen LogP contribution in [0.2, 0.25) is 4.34 Å². The van der Waals surface area contributed by atoms with Crippen LogP contribution in [0.5, 0.6) is 0 Å². The summed E-state index contributed by atoms with van der Waals surface area (Å²) in [4.78, 5) is 39.3. The first-order chi connectivity index (χ1) is 15.0. The van der Waals surface area contributed by atoms with Crippen molar-refractivity contribution in [2.45, 2.75) is 32.7 Å². The van der Waals surface area contributed by atoms with Crippen molar-refractivity contribution in [3.63, 3.8) is 0 Å². The van der Waals surface area contributed by atoms with Gasteiger partial charge in [-0.1, -0.05) is 24.6 Å². The van der Waals surface area contributed by atoms with Gasteiger partial charge < -0.3 is 14.1 Å². The minimum Gasteiger partial charge on any atom is -0.456 e. The van der Waals surface area contributed by atoms with Crippen LogP contribution in [0.3, 0.4) is 0 Å². The number of carbonyl (C=O) groups excluding carboxylic acids is 3. The summed E-state index contributed by atoms with van der Waals surface area (Å²) in [5, 5.41) is 9.90. The van der Waals surface area contributed by atoms with Crippen LogP contribution >= 0.6 is 34.3 Å². The van der Waals surface area contributed by atoms with Gasteiger partial charge in [-0.05, 0) is 30.0 Å². The first-order valence-corrected chi connectivity index (χ1v) is 11.6. The van der Waals surface area contributed by atoms with Crippen molar-refractivity contribution in [2.75, 3.05) is 13.2 Å². The van der Waals surface area contributed by atoms with Gasteiger partial charge in [0.05, 0.1) is 27.1 Å². The van der Waals surface area contributed by atoms with Gasteiger partial charge in [0.2, 0.25) is 5.89 Å². The molecule has 1 amide bonds. The molecule has 3 aromatic rings. The second kappa shape index (κ2) is 11.2. The summed E-state index contributed by atoms with van der Waals surface area (Å²) >= 11 is 8.45.